The van der Waals surface area contributed by atoms with Gasteiger partial charge in [0.15, 0.2) is 1.41 Å². The lowest BCUT2D eigenvalue weighted by Crippen LogP contribution is -2.53. The zero-order valence-electron chi connectivity index (χ0n) is 19.9. The first-order chi connectivity index (χ1) is 16.0. The summed E-state index contributed by atoms with van der Waals surface area (Å²) >= 11 is 7.09. The third-order valence-corrected chi connectivity index (χ3v) is 7.07. The number of nitrogens with one attached hydrogen (secondary N) is 1. The molecule has 2 fully saturated rings. The van der Waals surface area contributed by atoms with Crippen molar-refractivity contribution in [2.24, 2.45) is 0 Å². The maximum absolute atomic E-state index is 12.8. The Bertz CT molecular complexity index is 1150. The van der Waals surface area contributed by atoms with Crippen molar-refractivity contribution < 1.29 is 25.3 Å². The number of carbonyl (C=O) groups excluding carboxylic acids is 3. The van der Waals surface area contributed by atoms with Gasteiger partial charge in [-0.3, -0.25) is 14.5 Å². The first-order valence-corrected chi connectivity index (χ1v) is 11.8. The predicted octanol–water partition coefficient (Wildman–Crippen LogP) is 3.92. The predicted molar refractivity (Wildman–Crippen MR) is 128 cm³/mol. The Hall–Kier alpha value is -2.62. The first kappa shape index (κ1) is 22.2. The Labute approximate surface area is 202 Å². The quantitative estimate of drug-likeness (QED) is 0.683. The standard InChI is InChI=1S/C23H26ClN3O5S/c1-13-9-15(5-6-17(13)26-7-8-31-23(3,4)21(26)29)27-12-16(32-22(27)30)11-25-20(28)19-14(2)10-18(24)33-19/h5-6,9-10,16H,7-8,11-12H2,1-4H3,(H,25,28)/t16-/m0/s1/i/hD. The third-order valence-electron chi connectivity index (χ3n) is 5.72. The summed E-state index contributed by atoms with van der Waals surface area (Å²) in [6.07, 6.45) is -1.19. The van der Waals surface area contributed by atoms with Gasteiger partial charge in [-0.15, -0.1) is 11.3 Å². The summed E-state index contributed by atoms with van der Waals surface area (Å²) in [7, 11) is 0. The molecule has 2 aromatic rings. The molecule has 8 nitrogen and oxygen atoms in total. The molecule has 1 aromatic carbocycles. The van der Waals surface area contributed by atoms with Crippen LogP contribution in [0.3, 0.4) is 0 Å². The second-order valence-corrected chi connectivity index (χ2v) is 10.3. The summed E-state index contributed by atoms with van der Waals surface area (Å²) < 4.78 is 19.6. The normalized spacial score (nSPS) is 20.6. The van der Waals surface area contributed by atoms with E-state index in [1.165, 1.54) is 4.90 Å². The molecular weight excluding hydrogens is 466 g/mol. The molecule has 4 rings (SSSR count). The van der Waals surface area contributed by atoms with Crippen molar-refractivity contribution in [1.29, 1.82) is 0 Å². The highest BCUT2D eigenvalue weighted by Crippen LogP contribution is 2.31. The number of morpholine rings is 1. The number of benzene rings is 1. The van der Waals surface area contributed by atoms with E-state index in [1.807, 2.05) is 19.1 Å². The van der Waals surface area contributed by atoms with Crippen LogP contribution in [0.5, 0.6) is 0 Å². The number of thiophene rings is 1. The Morgan fingerprint density at radius 1 is 1.27 bits per heavy atom. The van der Waals surface area contributed by atoms with Gasteiger partial charge in [0.1, 0.15) is 11.7 Å². The number of ether oxygens (including phenoxy) is 2. The highest BCUT2D eigenvalue weighted by molar-refractivity contribution is 7.18. The van der Waals surface area contributed by atoms with Crippen LogP contribution in [0.15, 0.2) is 24.3 Å². The Morgan fingerprint density at radius 3 is 2.70 bits per heavy atom. The average Bonchev–Trinajstić information content (AvgIpc) is 3.30. The molecule has 2 aliphatic heterocycles. The smallest absolute Gasteiger partial charge is 0.414 e. The summed E-state index contributed by atoms with van der Waals surface area (Å²) in [6, 6.07) is 7.09. The molecule has 176 valence electrons. The lowest BCUT2D eigenvalue weighted by Gasteiger charge is -2.38. The van der Waals surface area contributed by atoms with Crippen molar-refractivity contribution in [1.82, 2.24) is 5.31 Å². The number of rotatable bonds is 5. The number of carbonyl (C=O) groups is 3. The molecule has 0 aliphatic carbocycles. The second-order valence-electron chi connectivity index (χ2n) is 8.61. The second kappa shape index (κ2) is 8.96. The summed E-state index contributed by atoms with van der Waals surface area (Å²) in [6.45, 7) is 8.18. The van der Waals surface area contributed by atoms with Crippen molar-refractivity contribution >= 4 is 52.2 Å². The van der Waals surface area contributed by atoms with Crippen molar-refractivity contribution in [2.45, 2.75) is 39.4 Å². The van der Waals surface area contributed by atoms with Crippen LogP contribution in [0.4, 0.5) is 16.2 Å². The lowest BCUT2D eigenvalue weighted by molar-refractivity contribution is -0.144. The van der Waals surface area contributed by atoms with Gasteiger partial charge < -0.3 is 19.7 Å². The van der Waals surface area contributed by atoms with Crippen LogP contribution in [-0.2, 0) is 14.3 Å². The number of aryl methyl sites for hydroxylation is 2. The van der Waals surface area contributed by atoms with E-state index in [4.69, 9.17) is 22.5 Å². The molecule has 3 heterocycles. The van der Waals surface area contributed by atoms with Gasteiger partial charge in [0.05, 0.1) is 28.9 Å². The highest BCUT2D eigenvalue weighted by atomic mass is 35.5. The number of hydrogen-bond acceptors (Lipinski definition) is 6. The number of anilines is 2. The van der Waals surface area contributed by atoms with E-state index in [0.717, 1.165) is 27.9 Å². The van der Waals surface area contributed by atoms with E-state index in [0.29, 0.717) is 33.6 Å². The topological polar surface area (TPSA) is 88.2 Å². The molecule has 2 aliphatic rings. The van der Waals surface area contributed by atoms with E-state index in [1.54, 1.807) is 37.8 Å². The lowest BCUT2D eigenvalue weighted by atomic mass is 10.0. The SMILES string of the molecule is [2H]N(C[C@H]1CN(c2ccc(N3CCOC(C)(C)C3=O)c(C)c2)C(=O)O1)C(=O)c1sc(Cl)cc1C. The maximum atomic E-state index is 12.8. The fourth-order valence-corrected chi connectivity index (χ4v) is 5.16. The van der Waals surface area contributed by atoms with Crippen LogP contribution in [0.2, 0.25) is 5.75 Å². The van der Waals surface area contributed by atoms with Crippen molar-refractivity contribution in [2.75, 3.05) is 36.0 Å². The molecule has 10 heteroatoms. The van der Waals surface area contributed by atoms with Crippen LogP contribution in [0.1, 0.15) is 34.6 Å². The van der Waals surface area contributed by atoms with Gasteiger partial charge in [0.2, 0.25) is 0 Å². The molecule has 1 atom stereocenters. The maximum Gasteiger partial charge on any atom is 0.414 e. The molecule has 0 spiro atoms. The monoisotopic (exact) mass is 492 g/mol. The van der Waals surface area contributed by atoms with Gasteiger partial charge in [0, 0.05) is 17.9 Å². The first-order valence-electron chi connectivity index (χ1n) is 11.0. The minimum absolute atomic E-state index is 0.0650. The molecule has 1 aromatic heterocycles. The number of halogens is 1. The van der Waals surface area contributed by atoms with Crippen molar-refractivity contribution in [3.8, 4) is 0 Å². The summed E-state index contributed by atoms with van der Waals surface area (Å²) in [4.78, 5) is 41.5. The molecule has 0 saturated carbocycles. The number of nitrogens with zero attached hydrogens (tertiary/aromatic N) is 2. The van der Waals surface area contributed by atoms with E-state index in [9.17, 15) is 14.4 Å². The van der Waals surface area contributed by atoms with Crippen molar-refractivity contribution in [3.63, 3.8) is 0 Å². The molecule has 0 bridgehead atoms. The molecule has 0 unspecified atom stereocenters. The van der Waals surface area contributed by atoms with Crippen LogP contribution in [-0.4, -0.2) is 55.9 Å². The minimum atomic E-state index is -0.887. The van der Waals surface area contributed by atoms with Crippen LogP contribution < -0.4 is 15.1 Å². The van der Waals surface area contributed by atoms with E-state index in [2.05, 4.69) is 0 Å². The average molecular weight is 493 g/mol. The number of amides is 3. The zero-order valence-corrected chi connectivity index (χ0v) is 20.5. The molecule has 2 saturated heterocycles. The zero-order chi connectivity index (χ0) is 24.8. The number of cyclic esters (lactones) is 1. The number of hydrogen-bond donors (Lipinski definition) is 1. The molecule has 33 heavy (non-hydrogen) atoms. The van der Waals surface area contributed by atoms with Crippen molar-refractivity contribution in [3.05, 3.63) is 44.6 Å². The Balaban J connectivity index is 1.45. The van der Waals surface area contributed by atoms with E-state index < -0.39 is 23.7 Å². The fraction of sp³-hybridized carbons (Fsp3) is 0.435. The van der Waals surface area contributed by atoms with Crippen LogP contribution >= 0.6 is 22.9 Å². The molecular formula is C23H26ClN3O5S. The van der Waals surface area contributed by atoms with E-state index in [-0.39, 0.29) is 19.0 Å². The third kappa shape index (κ3) is 4.71. The van der Waals surface area contributed by atoms with Gasteiger partial charge >= 0.3 is 6.09 Å². The van der Waals surface area contributed by atoms with Gasteiger partial charge in [-0.2, -0.15) is 0 Å². The minimum Gasteiger partial charge on any atom is -0.442 e. The molecule has 3 amide bonds. The van der Waals surface area contributed by atoms with Crippen LogP contribution in [0.25, 0.3) is 0 Å². The summed E-state index contributed by atoms with van der Waals surface area (Å²) in [5, 5.41) is 0.802. The largest absolute Gasteiger partial charge is 0.442 e. The Morgan fingerprint density at radius 2 is 2.03 bits per heavy atom. The van der Waals surface area contributed by atoms with Gasteiger partial charge in [-0.1, -0.05) is 11.6 Å². The van der Waals surface area contributed by atoms with Gasteiger partial charge in [0.25, 0.3) is 11.8 Å². The van der Waals surface area contributed by atoms with E-state index >= 15 is 0 Å². The summed E-state index contributed by atoms with van der Waals surface area (Å²) in [5.41, 5.74) is 2.05. The Kier molecular flexibility index (Phi) is 6.03. The van der Waals surface area contributed by atoms with Gasteiger partial charge in [-0.25, -0.2) is 4.79 Å². The summed E-state index contributed by atoms with van der Waals surface area (Å²) in [5.74, 6) is -0.597. The fourth-order valence-electron chi connectivity index (χ4n) is 3.96. The van der Waals surface area contributed by atoms with Crippen LogP contribution in [0, 0.1) is 13.8 Å². The molecule has 1 N–H and O–H groups in total. The molecule has 0 radical (unpaired) electrons. The highest BCUT2D eigenvalue weighted by Gasteiger charge is 2.38. The van der Waals surface area contributed by atoms with Gasteiger partial charge in [-0.05, 0) is 63.1 Å².